The van der Waals surface area contributed by atoms with Gasteiger partial charge in [0.25, 0.3) is 5.91 Å². The number of phenolic OH excluding ortho intramolecular Hbond substituents is 1. The molecular weight excluding hydrogens is 346 g/mol. The molecule has 0 spiro atoms. The molecule has 3 rings (SSSR count). The van der Waals surface area contributed by atoms with E-state index in [4.69, 9.17) is 0 Å². The van der Waals surface area contributed by atoms with Crippen LogP contribution in [-0.2, 0) is 9.59 Å². The third-order valence-electron chi connectivity index (χ3n) is 5.48. The summed E-state index contributed by atoms with van der Waals surface area (Å²) in [6.45, 7) is 4.34. The van der Waals surface area contributed by atoms with E-state index >= 15 is 0 Å². The van der Waals surface area contributed by atoms with Gasteiger partial charge in [-0.25, -0.2) is 0 Å². The van der Waals surface area contributed by atoms with E-state index in [0.29, 0.717) is 30.6 Å². The summed E-state index contributed by atoms with van der Waals surface area (Å²) < 4.78 is 0. The molecule has 1 saturated heterocycles. The van der Waals surface area contributed by atoms with Crippen molar-refractivity contribution in [3.8, 4) is 5.75 Å². The molecule has 1 aromatic rings. The summed E-state index contributed by atoms with van der Waals surface area (Å²) in [5.41, 5.74) is 1.02. The van der Waals surface area contributed by atoms with Gasteiger partial charge < -0.3 is 20.6 Å². The van der Waals surface area contributed by atoms with Crippen LogP contribution in [0.15, 0.2) is 18.2 Å². The largest absolute Gasteiger partial charge is 0.508 e. The number of nitrogens with zero attached hydrogens (tertiary/aromatic N) is 1. The summed E-state index contributed by atoms with van der Waals surface area (Å²) in [5, 5.41) is 15.5. The van der Waals surface area contributed by atoms with Crippen molar-refractivity contribution in [3.05, 3.63) is 29.3 Å². The van der Waals surface area contributed by atoms with E-state index in [1.165, 1.54) is 11.0 Å². The quantitative estimate of drug-likeness (QED) is 0.725. The third-order valence-corrected chi connectivity index (χ3v) is 5.48. The van der Waals surface area contributed by atoms with Gasteiger partial charge in [-0.3, -0.25) is 14.4 Å². The molecule has 1 aliphatic heterocycles. The molecule has 0 radical (unpaired) electrons. The van der Waals surface area contributed by atoms with E-state index in [1.54, 1.807) is 19.1 Å². The summed E-state index contributed by atoms with van der Waals surface area (Å²) >= 11 is 0. The molecule has 0 bridgehead atoms. The summed E-state index contributed by atoms with van der Waals surface area (Å²) in [6.07, 6.45) is 3.31. The Labute approximate surface area is 159 Å². The van der Waals surface area contributed by atoms with Crippen molar-refractivity contribution in [1.82, 2.24) is 15.5 Å². The maximum absolute atomic E-state index is 13.0. The van der Waals surface area contributed by atoms with E-state index in [9.17, 15) is 19.5 Å². The minimum atomic E-state index is -0.613. The van der Waals surface area contributed by atoms with Crippen molar-refractivity contribution in [2.75, 3.05) is 13.1 Å². The fourth-order valence-electron chi connectivity index (χ4n) is 3.65. The highest BCUT2D eigenvalue weighted by Gasteiger charge is 2.41. The van der Waals surface area contributed by atoms with Crippen molar-refractivity contribution >= 4 is 17.7 Å². The van der Waals surface area contributed by atoms with Gasteiger partial charge in [0, 0.05) is 30.6 Å². The van der Waals surface area contributed by atoms with Gasteiger partial charge in [0.15, 0.2) is 0 Å². The number of hydrogen-bond donors (Lipinski definition) is 3. The monoisotopic (exact) mass is 373 g/mol. The van der Waals surface area contributed by atoms with Gasteiger partial charge in [-0.05, 0) is 56.9 Å². The number of aryl methyl sites for hydroxylation is 1. The topological polar surface area (TPSA) is 98.7 Å². The first-order valence-electron chi connectivity index (χ1n) is 9.59. The SMILES string of the molecule is CCNC(=O)[C@@H]1C[C@@H](NC(=O)C2CCC2)CN1C(=O)c1ccc(O)c(C)c1. The van der Waals surface area contributed by atoms with E-state index in [-0.39, 0.29) is 35.4 Å². The molecule has 146 valence electrons. The minimum Gasteiger partial charge on any atom is -0.508 e. The first kappa shape index (κ1) is 19.2. The molecule has 3 N–H and O–H groups in total. The second kappa shape index (κ2) is 7.98. The number of aromatic hydroxyl groups is 1. The number of nitrogens with one attached hydrogen (secondary N) is 2. The van der Waals surface area contributed by atoms with Crippen molar-refractivity contribution in [3.63, 3.8) is 0 Å². The molecule has 2 atom stereocenters. The van der Waals surface area contributed by atoms with Crippen LogP contribution < -0.4 is 10.6 Å². The Balaban J connectivity index is 1.76. The number of likely N-dealkylation sites (N-methyl/N-ethyl adjacent to an activating group) is 1. The van der Waals surface area contributed by atoms with E-state index in [1.807, 2.05) is 6.92 Å². The molecule has 27 heavy (non-hydrogen) atoms. The molecule has 0 aromatic heterocycles. The number of carbonyl (C=O) groups is 3. The lowest BCUT2D eigenvalue weighted by atomic mass is 9.84. The van der Waals surface area contributed by atoms with E-state index in [0.717, 1.165) is 19.3 Å². The normalized spacial score (nSPS) is 22.2. The lowest BCUT2D eigenvalue weighted by molar-refractivity contribution is -0.128. The Bertz CT molecular complexity index is 745. The lowest BCUT2D eigenvalue weighted by Crippen LogP contribution is -2.46. The lowest BCUT2D eigenvalue weighted by Gasteiger charge is -2.26. The number of phenols is 1. The van der Waals surface area contributed by atoms with Crippen LogP contribution in [0, 0.1) is 12.8 Å². The van der Waals surface area contributed by atoms with E-state index in [2.05, 4.69) is 10.6 Å². The minimum absolute atomic E-state index is 0.0238. The average molecular weight is 373 g/mol. The van der Waals surface area contributed by atoms with Gasteiger partial charge in [0.05, 0.1) is 0 Å². The maximum atomic E-state index is 13.0. The molecule has 0 unspecified atom stereocenters. The summed E-state index contributed by atoms with van der Waals surface area (Å²) in [4.78, 5) is 39.3. The molecule has 3 amide bonds. The second-order valence-corrected chi connectivity index (χ2v) is 7.44. The maximum Gasteiger partial charge on any atom is 0.254 e. The second-order valence-electron chi connectivity index (χ2n) is 7.44. The number of carbonyl (C=O) groups excluding carboxylic acids is 3. The van der Waals surface area contributed by atoms with Gasteiger partial charge in [0.1, 0.15) is 11.8 Å². The Morgan fingerprint density at radius 3 is 2.56 bits per heavy atom. The molecule has 1 heterocycles. The molecule has 1 aliphatic carbocycles. The first-order chi connectivity index (χ1) is 12.9. The zero-order valence-corrected chi connectivity index (χ0v) is 15.8. The molecule has 1 aromatic carbocycles. The molecular formula is C20H27N3O4. The number of rotatable bonds is 5. The van der Waals surface area contributed by atoms with Crippen molar-refractivity contribution in [2.45, 2.75) is 51.6 Å². The highest BCUT2D eigenvalue weighted by atomic mass is 16.3. The number of amides is 3. The van der Waals surface area contributed by atoms with Crippen LogP contribution in [-0.4, -0.2) is 52.9 Å². The first-order valence-corrected chi connectivity index (χ1v) is 9.59. The number of benzene rings is 1. The van der Waals surface area contributed by atoms with Crippen molar-refractivity contribution in [1.29, 1.82) is 0 Å². The smallest absolute Gasteiger partial charge is 0.254 e. The molecule has 2 fully saturated rings. The molecule has 7 heteroatoms. The average Bonchev–Trinajstić information content (AvgIpc) is 2.99. The molecule has 1 saturated carbocycles. The standard InChI is InChI=1S/C20H27N3O4/c1-3-21-19(26)16-10-15(22-18(25)13-5-4-6-13)11-23(16)20(27)14-7-8-17(24)12(2)9-14/h7-9,13,15-16,24H,3-6,10-11H2,1-2H3,(H,21,26)(H,22,25)/t15-,16+/m1/s1. The van der Waals surface area contributed by atoms with E-state index < -0.39 is 6.04 Å². The summed E-state index contributed by atoms with van der Waals surface area (Å²) in [5.74, 6) is -0.261. The van der Waals surface area contributed by atoms with Crippen LogP contribution in [0.5, 0.6) is 5.75 Å². The van der Waals surface area contributed by atoms with Crippen molar-refractivity contribution in [2.24, 2.45) is 5.92 Å². The Morgan fingerprint density at radius 1 is 1.22 bits per heavy atom. The van der Waals surface area contributed by atoms with Crippen LogP contribution >= 0.6 is 0 Å². The molecule has 2 aliphatic rings. The van der Waals surface area contributed by atoms with Crippen LogP contribution in [0.25, 0.3) is 0 Å². The van der Waals surface area contributed by atoms with Crippen LogP contribution in [0.1, 0.15) is 48.5 Å². The zero-order chi connectivity index (χ0) is 19.6. The Morgan fingerprint density at radius 2 is 1.96 bits per heavy atom. The van der Waals surface area contributed by atoms with Gasteiger partial charge in [-0.1, -0.05) is 6.42 Å². The van der Waals surface area contributed by atoms with Gasteiger partial charge in [-0.2, -0.15) is 0 Å². The third kappa shape index (κ3) is 4.07. The molecule has 7 nitrogen and oxygen atoms in total. The Hall–Kier alpha value is -2.57. The fraction of sp³-hybridized carbons (Fsp3) is 0.550. The predicted octanol–water partition coefficient (Wildman–Crippen LogP) is 1.34. The summed E-state index contributed by atoms with van der Waals surface area (Å²) in [6, 6.07) is 3.81. The number of hydrogen-bond acceptors (Lipinski definition) is 4. The predicted molar refractivity (Wildman–Crippen MR) is 100 cm³/mol. The summed E-state index contributed by atoms with van der Waals surface area (Å²) in [7, 11) is 0. The van der Waals surface area contributed by atoms with Gasteiger partial charge in [-0.15, -0.1) is 0 Å². The zero-order valence-electron chi connectivity index (χ0n) is 15.8. The van der Waals surface area contributed by atoms with Gasteiger partial charge in [0.2, 0.25) is 11.8 Å². The van der Waals surface area contributed by atoms with Crippen molar-refractivity contribution < 1.29 is 19.5 Å². The Kier molecular flexibility index (Phi) is 5.68. The van der Waals surface area contributed by atoms with Crippen LogP contribution in [0.2, 0.25) is 0 Å². The fourth-order valence-corrected chi connectivity index (χ4v) is 3.65. The highest BCUT2D eigenvalue weighted by Crippen LogP contribution is 2.28. The number of likely N-dealkylation sites (tertiary alicyclic amines) is 1. The van der Waals surface area contributed by atoms with Crippen LogP contribution in [0.3, 0.4) is 0 Å². The van der Waals surface area contributed by atoms with Gasteiger partial charge >= 0.3 is 0 Å². The van der Waals surface area contributed by atoms with Crippen LogP contribution in [0.4, 0.5) is 0 Å². The highest BCUT2D eigenvalue weighted by molar-refractivity contribution is 5.98.